The fraction of sp³-hybridized carbons (Fsp3) is 0.438. The summed E-state index contributed by atoms with van der Waals surface area (Å²) in [5.74, 6) is 1.17. The molecule has 0 aliphatic carbocycles. The first-order chi connectivity index (χ1) is 11.0. The zero-order valence-corrected chi connectivity index (χ0v) is 16.1. The lowest BCUT2D eigenvalue weighted by Gasteiger charge is -2.06. The number of rotatable bonds is 7. The van der Waals surface area contributed by atoms with Crippen molar-refractivity contribution in [1.82, 2.24) is 10.2 Å². The molecule has 23 heavy (non-hydrogen) atoms. The normalized spacial score (nSPS) is 12.4. The molecule has 1 aromatic heterocycles. The van der Waals surface area contributed by atoms with Gasteiger partial charge in [-0.25, -0.2) is 0 Å². The summed E-state index contributed by atoms with van der Waals surface area (Å²) >= 11 is 4.56. The van der Waals surface area contributed by atoms with Crippen molar-refractivity contribution >= 4 is 40.8 Å². The third-order valence-corrected chi connectivity index (χ3v) is 6.50. The Bertz CT molecular complexity index is 641. The SMILES string of the molecule is COC(=O)C(C)Sc1nnc(SCc2ccc(C(C)C)cc2)s1. The molecule has 1 heterocycles. The molecule has 1 atom stereocenters. The Labute approximate surface area is 149 Å². The van der Waals surface area contributed by atoms with Gasteiger partial charge in [0.05, 0.1) is 7.11 Å². The Morgan fingerprint density at radius 1 is 1.17 bits per heavy atom. The maximum Gasteiger partial charge on any atom is 0.318 e. The van der Waals surface area contributed by atoms with Crippen LogP contribution in [0.2, 0.25) is 0 Å². The van der Waals surface area contributed by atoms with Gasteiger partial charge in [-0.15, -0.1) is 10.2 Å². The monoisotopic (exact) mass is 368 g/mol. The second kappa shape index (κ2) is 8.70. The molecule has 2 rings (SSSR count). The van der Waals surface area contributed by atoms with Gasteiger partial charge in [-0.3, -0.25) is 4.79 Å². The summed E-state index contributed by atoms with van der Waals surface area (Å²) in [6.07, 6.45) is 0. The molecule has 0 aliphatic rings. The Balaban J connectivity index is 1.88. The van der Waals surface area contributed by atoms with Crippen molar-refractivity contribution in [2.45, 2.75) is 46.4 Å². The number of carbonyl (C=O) groups excluding carboxylic acids is 1. The molecule has 7 heteroatoms. The molecule has 1 aromatic carbocycles. The molecule has 0 amide bonds. The van der Waals surface area contributed by atoms with Gasteiger partial charge in [0.2, 0.25) is 0 Å². The van der Waals surface area contributed by atoms with Crippen LogP contribution >= 0.6 is 34.9 Å². The first-order valence-electron chi connectivity index (χ1n) is 7.29. The third kappa shape index (κ3) is 5.51. The van der Waals surface area contributed by atoms with Crippen molar-refractivity contribution in [3.8, 4) is 0 Å². The van der Waals surface area contributed by atoms with Gasteiger partial charge >= 0.3 is 5.97 Å². The number of benzene rings is 1. The zero-order chi connectivity index (χ0) is 16.8. The number of hydrogen-bond acceptors (Lipinski definition) is 7. The minimum atomic E-state index is -0.269. The van der Waals surface area contributed by atoms with Crippen molar-refractivity contribution in [3.63, 3.8) is 0 Å². The first kappa shape index (κ1) is 18.3. The number of nitrogens with zero attached hydrogens (tertiary/aromatic N) is 2. The second-order valence-corrected chi connectivity index (χ2v) is 9.09. The Hall–Kier alpha value is -1.05. The molecule has 1 unspecified atom stereocenters. The van der Waals surface area contributed by atoms with Crippen molar-refractivity contribution in [2.75, 3.05) is 7.11 Å². The first-order valence-corrected chi connectivity index (χ1v) is 9.97. The van der Waals surface area contributed by atoms with Crippen LogP contribution in [0.15, 0.2) is 32.9 Å². The standard InChI is InChI=1S/C16H20N2O2S3/c1-10(2)13-7-5-12(6-8-13)9-21-15-17-18-16(23-15)22-11(3)14(19)20-4/h5-8,10-11H,9H2,1-4H3. The van der Waals surface area contributed by atoms with Crippen LogP contribution < -0.4 is 0 Å². The van der Waals surface area contributed by atoms with Crippen LogP contribution in [0.25, 0.3) is 0 Å². The number of hydrogen-bond donors (Lipinski definition) is 0. The number of ether oxygens (including phenoxy) is 1. The molecule has 2 aromatic rings. The van der Waals surface area contributed by atoms with E-state index in [9.17, 15) is 4.79 Å². The summed E-state index contributed by atoms with van der Waals surface area (Å²) in [7, 11) is 1.39. The second-order valence-electron chi connectivity index (χ2n) is 5.30. The van der Waals surface area contributed by atoms with Crippen LogP contribution in [0, 0.1) is 0 Å². The van der Waals surface area contributed by atoms with Crippen LogP contribution in [0.3, 0.4) is 0 Å². The average Bonchev–Trinajstić information content (AvgIpc) is 2.99. The lowest BCUT2D eigenvalue weighted by Crippen LogP contribution is -2.14. The molecule has 0 saturated carbocycles. The van der Waals surface area contributed by atoms with Gasteiger partial charge in [-0.05, 0) is 24.0 Å². The number of esters is 1. The van der Waals surface area contributed by atoms with Crippen LogP contribution in [-0.4, -0.2) is 28.5 Å². The van der Waals surface area contributed by atoms with E-state index >= 15 is 0 Å². The summed E-state index contributed by atoms with van der Waals surface area (Å²) in [4.78, 5) is 11.4. The van der Waals surface area contributed by atoms with Gasteiger partial charge in [0.1, 0.15) is 5.25 Å². The van der Waals surface area contributed by atoms with Crippen LogP contribution in [0.4, 0.5) is 0 Å². The minimum absolute atomic E-state index is 0.246. The zero-order valence-electron chi connectivity index (χ0n) is 13.6. The van der Waals surface area contributed by atoms with E-state index < -0.39 is 0 Å². The highest BCUT2D eigenvalue weighted by atomic mass is 32.2. The lowest BCUT2D eigenvalue weighted by atomic mass is 10.0. The summed E-state index contributed by atoms with van der Waals surface area (Å²) in [6, 6.07) is 8.69. The van der Waals surface area contributed by atoms with Crippen molar-refractivity contribution < 1.29 is 9.53 Å². The predicted octanol–water partition coefficient (Wildman–Crippen LogP) is 4.61. The lowest BCUT2D eigenvalue weighted by molar-refractivity contribution is -0.139. The number of carbonyl (C=O) groups is 1. The van der Waals surface area contributed by atoms with E-state index in [1.165, 1.54) is 41.3 Å². The molecule has 0 saturated heterocycles. The summed E-state index contributed by atoms with van der Waals surface area (Å²) in [6.45, 7) is 6.19. The Morgan fingerprint density at radius 3 is 2.43 bits per heavy atom. The Morgan fingerprint density at radius 2 is 1.83 bits per heavy atom. The van der Waals surface area contributed by atoms with E-state index in [1.54, 1.807) is 18.7 Å². The Kier molecular flexibility index (Phi) is 6.92. The molecule has 124 valence electrons. The number of aromatic nitrogens is 2. The highest BCUT2D eigenvalue weighted by Gasteiger charge is 2.17. The van der Waals surface area contributed by atoms with E-state index in [4.69, 9.17) is 4.74 Å². The van der Waals surface area contributed by atoms with E-state index in [0.717, 1.165) is 14.4 Å². The van der Waals surface area contributed by atoms with Crippen molar-refractivity contribution in [2.24, 2.45) is 0 Å². The maximum atomic E-state index is 11.4. The minimum Gasteiger partial charge on any atom is -0.468 e. The smallest absolute Gasteiger partial charge is 0.318 e. The number of methoxy groups -OCH3 is 1. The average molecular weight is 369 g/mol. The van der Waals surface area contributed by atoms with E-state index in [2.05, 4.69) is 48.3 Å². The number of thioether (sulfide) groups is 2. The highest BCUT2D eigenvalue weighted by Crippen LogP contribution is 2.33. The van der Waals surface area contributed by atoms with E-state index in [0.29, 0.717) is 5.92 Å². The fourth-order valence-corrected chi connectivity index (χ4v) is 4.96. The fourth-order valence-electron chi connectivity index (χ4n) is 1.81. The molecular weight excluding hydrogens is 348 g/mol. The third-order valence-electron chi connectivity index (χ3n) is 3.21. The van der Waals surface area contributed by atoms with Gasteiger partial charge in [0, 0.05) is 5.75 Å². The van der Waals surface area contributed by atoms with Crippen LogP contribution in [-0.2, 0) is 15.3 Å². The summed E-state index contributed by atoms with van der Waals surface area (Å²) in [5, 5.41) is 8.03. The van der Waals surface area contributed by atoms with Crippen LogP contribution in [0.1, 0.15) is 37.8 Å². The molecule has 0 bridgehead atoms. The van der Waals surface area contributed by atoms with Gasteiger partial charge in [0.15, 0.2) is 8.68 Å². The van der Waals surface area contributed by atoms with Gasteiger partial charge < -0.3 is 4.74 Å². The van der Waals surface area contributed by atoms with Crippen molar-refractivity contribution in [3.05, 3.63) is 35.4 Å². The topological polar surface area (TPSA) is 52.1 Å². The van der Waals surface area contributed by atoms with Gasteiger partial charge in [-0.1, -0.05) is 73.0 Å². The molecule has 0 radical (unpaired) electrons. The predicted molar refractivity (Wildman–Crippen MR) is 97.3 cm³/mol. The summed E-state index contributed by atoms with van der Waals surface area (Å²) < 4.78 is 6.42. The van der Waals surface area contributed by atoms with Crippen LogP contribution in [0.5, 0.6) is 0 Å². The van der Waals surface area contributed by atoms with E-state index in [1.807, 2.05) is 0 Å². The molecule has 0 N–H and O–H groups in total. The largest absolute Gasteiger partial charge is 0.468 e. The quantitative estimate of drug-likeness (QED) is 0.525. The summed E-state index contributed by atoms with van der Waals surface area (Å²) in [5.41, 5.74) is 2.62. The maximum absolute atomic E-state index is 11.4. The highest BCUT2D eigenvalue weighted by molar-refractivity contribution is 8.03. The van der Waals surface area contributed by atoms with E-state index in [-0.39, 0.29) is 11.2 Å². The molecule has 0 fully saturated rings. The molecule has 0 aliphatic heterocycles. The van der Waals surface area contributed by atoms with Gasteiger partial charge in [-0.2, -0.15) is 0 Å². The van der Waals surface area contributed by atoms with Gasteiger partial charge in [0.25, 0.3) is 0 Å². The molecule has 0 spiro atoms. The van der Waals surface area contributed by atoms with Crippen molar-refractivity contribution in [1.29, 1.82) is 0 Å². The molecular formula is C16H20N2O2S3. The molecule has 4 nitrogen and oxygen atoms in total.